The first-order chi connectivity index (χ1) is 9.70. The van der Waals surface area contributed by atoms with Crippen molar-refractivity contribution in [3.63, 3.8) is 0 Å². The zero-order valence-electron chi connectivity index (χ0n) is 12.5. The van der Waals surface area contributed by atoms with Crippen LogP contribution in [0.1, 0.15) is 37.9 Å². The molecular formula is C16H25NO3. The van der Waals surface area contributed by atoms with Gasteiger partial charge in [0.15, 0.2) is 0 Å². The number of rotatable bonds is 6. The lowest BCUT2D eigenvalue weighted by Gasteiger charge is -2.26. The van der Waals surface area contributed by atoms with Crippen LogP contribution in [0.2, 0.25) is 0 Å². The maximum absolute atomic E-state index is 9.78. The second-order valence-electron chi connectivity index (χ2n) is 5.33. The molecule has 20 heavy (non-hydrogen) atoms. The van der Waals surface area contributed by atoms with E-state index in [-0.39, 0.29) is 0 Å². The molecule has 2 rings (SSSR count). The van der Waals surface area contributed by atoms with Gasteiger partial charge < -0.3 is 14.6 Å². The second-order valence-corrected chi connectivity index (χ2v) is 5.33. The Labute approximate surface area is 121 Å². The number of hydrogen-bond acceptors (Lipinski definition) is 4. The van der Waals surface area contributed by atoms with Crippen LogP contribution in [0.3, 0.4) is 0 Å². The summed E-state index contributed by atoms with van der Waals surface area (Å²) in [5.74, 6) is 1.47. The Morgan fingerprint density at radius 1 is 1.25 bits per heavy atom. The molecule has 1 aliphatic heterocycles. The first kappa shape index (κ1) is 15.1. The zero-order valence-corrected chi connectivity index (χ0v) is 12.5. The molecule has 1 aromatic rings. The van der Waals surface area contributed by atoms with Gasteiger partial charge in [-0.15, -0.1) is 0 Å². The number of methoxy groups -OCH3 is 1. The van der Waals surface area contributed by atoms with E-state index in [1.807, 2.05) is 18.2 Å². The third-order valence-corrected chi connectivity index (χ3v) is 3.78. The van der Waals surface area contributed by atoms with E-state index in [9.17, 15) is 5.11 Å². The highest BCUT2D eigenvalue weighted by Crippen LogP contribution is 2.29. The highest BCUT2D eigenvalue weighted by Gasteiger charge is 2.13. The maximum atomic E-state index is 9.78. The van der Waals surface area contributed by atoms with E-state index in [0.717, 1.165) is 23.6 Å². The number of benzene rings is 1. The van der Waals surface area contributed by atoms with Crippen molar-refractivity contribution in [3.05, 3.63) is 23.8 Å². The van der Waals surface area contributed by atoms with Gasteiger partial charge in [-0.25, -0.2) is 0 Å². The van der Waals surface area contributed by atoms with Crippen molar-refractivity contribution in [1.29, 1.82) is 0 Å². The summed E-state index contributed by atoms with van der Waals surface area (Å²) < 4.78 is 11.1. The number of nitrogens with zero attached hydrogens (tertiary/aromatic N) is 1. The molecule has 1 aromatic carbocycles. The minimum Gasteiger partial charge on any atom is -0.497 e. The number of ether oxygens (including phenoxy) is 2. The van der Waals surface area contributed by atoms with E-state index in [2.05, 4.69) is 4.90 Å². The topological polar surface area (TPSA) is 41.9 Å². The second kappa shape index (κ2) is 7.50. The van der Waals surface area contributed by atoms with Crippen LogP contribution >= 0.6 is 0 Å². The van der Waals surface area contributed by atoms with Crippen LogP contribution in [0.5, 0.6) is 11.5 Å². The van der Waals surface area contributed by atoms with Gasteiger partial charge in [0.1, 0.15) is 18.1 Å². The van der Waals surface area contributed by atoms with Gasteiger partial charge in [-0.2, -0.15) is 0 Å². The fourth-order valence-corrected chi connectivity index (χ4v) is 2.58. The van der Waals surface area contributed by atoms with Gasteiger partial charge in [-0.05, 0) is 45.0 Å². The van der Waals surface area contributed by atoms with Crippen LogP contribution in [0.4, 0.5) is 0 Å². The van der Waals surface area contributed by atoms with Crippen molar-refractivity contribution in [1.82, 2.24) is 4.90 Å². The molecule has 0 amide bonds. The highest BCUT2D eigenvalue weighted by molar-refractivity contribution is 5.41. The Morgan fingerprint density at radius 2 is 2.00 bits per heavy atom. The predicted octanol–water partition coefficient (Wildman–Crippen LogP) is 2.61. The number of aliphatic hydroxyl groups excluding tert-OH is 1. The molecule has 0 unspecified atom stereocenters. The van der Waals surface area contributed by atoms with E-state index < -0.39 is 6.10 Å². The molecule has 1 heterocycles. The minimum atomic E-state index is -0.536. The minimum absolute atomic E-state index is 0.536. The van der Waals surface area contributed by atoms with E-state index in [4.69, 9.17) is 9.47 Å². The van der Waals surface area contributed by atoms with Crippen molar-refractivity contribution in [2.75, 3.05) is 33.4 Å². The van der Waals surface area contributed by atoms with Crippen LogP contribution in [-0.2, 0) is 0 Å². The summed E-state index contributed by atoms with van der Waals surface area (Å²) in [6.45, 7) is 5.68. The van der Waals surface area contributed by atoms with Crippen LogP contribution in [-0.4, -0.2) is 43.4 Å². The van der Waals surface area contributed by atoms with Gasteiger partial charge in [-0.3, -0.25) is 4.90 Å². The van der Waals surface area contributed by atoms with Crippen LogP contribution in [0, 0.1) is 0 Å². The quantitative estimate of drug-likeness (QED) is 0.869. The average Bonchev–Trinajstić information content (AvgIpc) is 2.48. The van der Waals surface area contributed by atoms with Gasteiger partial charge in [0.25, 0.3) is 0 Å². The molecule has 4 nitrogen and oxygen atoms in total. The van der Waals surface area contributed by atoms with Gasteiger partial charge in [0.2, 0.25) is 0 Å². The van der Waals surface area contributed by atoms with Gasteiger partial charge >= 0.3 is 0 Å². The van der Waals surface area contributed by atoms with E-state index >= 15 is 0 Å². The average molecular weight is 279 g/mol. The Kier molecular flexibility index (Phi) is 5.68. The molecule has 112 valence electrons. The molecule has 4 heteroatoms. The summed E-state index contributed by atoms with van der Waals surface area (Å²) >= 11 is 0. The molecule has 0 aliphatic carbocycles. The molecule has 1 N–H and O–H groups in total. The van der Waals surface area contributed by atoms with E-state index in [1.165, 1.54) is 32.4 Å². The fraction of sp³-hybridized carbons (Fsp3) is 0.625. The lowest BCUT2D eigenvalue weighted by atomic mass is 10.1. The summed E-state index contributed by atoms with van der Waals surface area (Å²) in [5.41, 5.74) is 0.810. The molecule has 1 saturated heterocycles. The molecule has 0 aromatic heterocycles. The van der Waals surface area contributed by atoms with Crippen molar-refractivity contribution >= 4 is 0 Å². The molecule has 0 bridgehead atoms. The molecule has 1 fully saturated rings. The lowest BCUT2D eigenvalue weighted by Crippen LogP contribution is -2.33. The first-order valence-electron chi connectivity index (χ1n) is 7.42. The summed E-state index contributed by atoms with van der Waals surface area (Å²) in [4.78, 5) is 2.44. The van der Waals surface area contributed by atoms with E-state index in [0.29, 0.717) is 6.61 Å². The van der Waals surface area contributed by atoms with Crippen LogP contribution in [0.15, 0.2) is 18.2 Å². The summed E-state index contributed by atoms with van der Waals surface area (Å²) in [5, 5.41) is 9.78. The number of hydrogen-bond donors (Lipinski definition) is 1. The summed E-state index contributed by atoms with van der Waals surface area (Å²) in [6, 6.07) is 5.55. The Morgan fingerprint density at radius 3 is 2.65 bits per heavy atom. The van der Waals surface area contributed by atoms with Gasteiger partial charge in [0, 0.05) is 18.2 Å². The van der Waals surface area contributed by atoms with Crippen molar-refractivity contribution in [2.45, 2.75) is 32.3 Å². The standard InChI is InChI=1S/C16H25NO3/c1-13(18)15-7-6-14(19-2)12-16(15)20-11-10-17-8-4-3-5-9-17/h6-7,12-13,18H,3-5,8-11H2,1-2H3/t13-/m1/s1. The molecule has 1 aliphatic rings. The SMILES string of the molecule is COc1ccc([C@@H](C)O)c(OCCN2CCCCC2)c1. The van der Waals surface area contributed by atoms with E-state index in [1.54, 1.807) is 14.0 Å². The third-order valence-electron chi connectivity index (χ3n) is 3.78. The number of likely N-dealkylation sites (tertiary alicyclic amines) is 1. The lowest BCUT2D eigenvalue weighted by molar-refractivity contribution is 0.171. The van der Waals surface area contributed by atoms with Crippen LogP contribution < -0.4 is 9.47 Å². The van der Waals surface area contributed by atoms with Crippen LogP contribution in [0.25, 0.3) is 0 Å². The number of piperidine rings is 1. The largest absolute Gasteiger partial charge is 0.497 e. The molecular weight excluding hydrogens is 254 g/mol. The monoisotopic (exact) mass is 279 g/mol. The molecule has 0 radical (unpaired) electrons. The zero-order chi connectivity index (χ0) is 14.4. The van der Waals surface area contributed by atoms with Gasteiger partial charge in [-0.1, -0.05) is 6.42 Å². The smallest absolute Gasteiger partial charge is 0.128 e. The fourth-order valence-electron chi connectivity index (χ4n) is 2.58. The Balaban J connectivity index is 1.92. The first-order valence-corrected chi connectivity index (χ1v) is 7.42. The summed E-state index contributed by atoms with van der Waals surface area (Å²) in [7, 11) is 1.63. The Bertz CT molecular complexity index is 414. The normalized spacial score (nSPS) is 17.8. The predicted molar refractivity (Wildman–Crippen MR) is 79.4 cm³/mol. The van der Waals surface area contributed by atoms with Crippen molar-refractivity contribution < 1.29 is 14.6 Å². The Hall–Kier alpha value is -1.26. The number of aliphatic hydroxyl groups is 1. The van der Waals surface area contributed by atoms with Gasteiger partial charge in [0.05, 0.1) is 13.2 Å². The van der Waals surface area contributed by atoms with Crippen molar-refractivity contribution in [3.8, 4) is 11.5 Å². The third kappa shape index (κ3) is 4.12. The molecule has 1 atom stereocenters. The summed E-state index contributed by atoms with van der Waals surface area (Å²) in [6.07, 6.45) is 3.39. The molecule has 0 saturated carbocycles. The maximum Gasteiger partial charge on any atom is 0.128 e. The van der Waals surface area contributed by atoms with Crippen molar-refractivity contribution in [2.24, 2.45) is 0 Å². The highest BCUT2D eigenvalue weighted by atomic mass is 16.5. The molecule has 0 spiro atoms.